The minimum atomic E-state index is -3.78. The van der Waals surface area contributed by atoms with Crippen molar-refractivity contribution in [1.29, 1.82) is 0 Å². The third kappa shape index (κ3) is 5.76. The van der Waals surface area contributed by atoms with Crippen molar-refractivity contribution in [2.24, 2.45) is 0 Å². The predicted octanol–water partition coefficient (Wildman–Crippen LogP) is 3.53. The van der Waals surface area contributed by atoms with Crippen molar-refractivity contribution in [2.45, 2.75) is 9.24 Å². The second kappa shape index (κ2) is 10.3. The summed E-state index contributed by atoms with van der Waals surface area (Å²) in [6.07, 6.45) is 0. The lowest BCUT2D eigenvalue weighted by Crippen LogP contribution is -2.26. The van der Waals surface area contributed by atoms with Gasteiger partial charge in [-0.15, -0.1) is 10.2 Å². The molecule has 168 valence electrons. The monoisotopic (exact) mass is 512 g/mol. The van der Waals surface area contributed by atoms with Gasteiger partial charge in [-0.25, -0.2) is 8.42 Å². The summed E-state index contributed by atoms with van der Waals surface area (Å²) in [4.78, 5) is 23.8. The first-order valence-electron chi connectivity index (χ1n) is 8.90. The maximum absolute atomic E-state index is 12.8. The van der Waals surface area contributed by atoms with E-state index in [1.165, 1.54) is 62.7 Å². The first-order valence-corrected chi connectivity index (χ1v) is 12.5. The Hall–Kier alpha value is -2.67. The van der Waals surface area contributed by atoms with E-state index < -0.39 is 15.9 Å². The van der Waals surface area contributed by atoms with E-state index in [9.17, 15) is 18.0 Å². The van der Waals surface area contributed by atoms with Gasteiger partial charge in [0.05, 0.1) is 23.4 Å². The molecule has 0 atom stereocenters. The molecule has 9 nitrogen and oxygen atoms in total. The van der Waals surface area contributed by atoms with E-state index in [4.69, 9.17) is 11.6 Å². The molecule has 0 saturated heterocycles. The lowest BCUT2D eigenvalue weighted by molar-refractivity contribution is -0.137. The molecule has 0 aliphatic rings. The number of methoxy groups -OCH3 is 1. The molecular weight excluding hydrogens is 496 g/mol. The molecule has 0 unspecified atom stereocenters. The van der Waals surface area contributed by atoms with Crippen LogP contribution in [-0.2, 0) is 19.6 Å². The van der Waals surface area contributed by atoms with E-state index in [0.717, 1.165) is 27.4 Å². The molecule has 0 spiro atoms. The topological polar surface area (TPSA) is 119 Å². The lowest BCUT2D eigenvalue weighted by Gasteiger charge is -2.19. The highest BCUT2D eigenvalue weighted by atomic mass is 35.5. The molecule has 1 heterocycles. The van der Waals surface area contributed by atoms with Gasteiger partial charge in [-0.3, -0.25) is 19.2 Å². The maximum Gasteiger partial charge on any atom is 0.316 e. The highest BCUT2D eigenvalue weighted by Gasteiger charge is 2.21. The van der Waals surface area contributed by atoms with Gasteiger partial charge >= 0.3 is 5.97 Å². The quantitative estimate of drug-likeness (QED) is 0.276. The second-order valence-corrected chi connectivity index (χ2v) is 10.8. The van der Waals surface area contributed by atoms with Gasteiger partial charge in [-0.05, 0) is 48.5 Å². The van der Waals surface area contributed by atoms with E-state index in [0.29, 0.717) is 20.6 Å². The number of nitrogens with one attached hydrogen (secondary N) is 1. The molecule has 0 radical (unpaired) electrons. The number of thioether (sulfide) groups is 1. The largest absolute Gasteiger partial charge is 0.468 e. The number of nitrogens with zero attached hydrogens (tertiary/aromatic N) is 3. The van der Waals surface area contributed by atoms with E-state index in [1.807, 2.05) is 0 Å². The van der Waals surface area contributed by atoms with Crippen LogP contribution in [0, 0.1) is 0 Å². The summed E-state index contributed by atoms with van der Waals surface area (Å²) in [5.74, 6) is -0.730. The van der Waals surface area contributed by atoms with Crippen molar-refractivity contribution >= 4 is 67.4 Å². The fourth-order valence-corrected chi connectivity index (χ4v) is 5.29. The minimum absolute atomic E-state index is 0.0903. The number of benzene rings is 2. The first kappa shape index (κ1) is 24.0. The molecular formula is C19H17ClN4O5S3. The number of aromatic nitrogens is 2. The van der Waals surface area contributed by atoms with Crippen LogP contribution in [0.5, 0.6) is 0 Å². The third-order valence-electron chi connectivity index (χ3n) is 4.13. The average Bonchev–Trinajstić information content (AvgIpc) is 3.24. The molecule has 13 heteroatoms. The van der Waals surface area contributed by atoms with Crippen molar-refractivity contribution in [3.05, 3.63) is 59.1 Å². The molecule has 0 aliphatic carbocycles. The Balaban J connectivity index is 1.66. The summed E-state index contributed by atoms with van der Waals surface area (Å²) in [6, 6.07) is 11.9. The van der Waals surface area contributed by atoms with Crippen LogP contribution in [0.2, 0.25) is 5.02 Å². The molecule has 3 aromatic rings. The molecule has 32 heavy (non-hydrogen) atoms. The van der Waals surface area contributed by atoms with E-state index in [1.54, 1.807) is 0 Å². The zero-order chi connectivity index (χ0) is 23.3. The summed E-state index contributed by atoms with van der Waals surface area (Å²) in [7, 11) is -1.06. The molecule has 0 bridgehead atoms. The van der Waals surface area contributed by atoms with Crippen LogP contribution in [0.3, 0.4) is 0 Å². The summed E-state index contributed by atoms with van der Waals surface area (Å²) >= 11 is 8.10. The highest BCUT2D eigenvalue weighted by Crippen LogP contribution is 2.27. The number of halogens is 1. The van der Waals surface area contributed by atoms with Gasteiger partial charge in [0, 0.05) is 17.6 Å². The second-order valence-electron chi connectivity index (χ2n) is 6.17. The van der Waals surface area contributed by atoms with Crippen LogP contribution in [0.25, 0.3) is 0 Å². The van der Waals surface area contributed by atoms with Crippen LogP contribution in [0.1, 0.15) is 10.4 Å². The number of hydrogen-bond acceptors (Lipinski definition) is 9. The zero-order valence-corrected chi connectivity index (χ0v) is 20.0. The lowest BCUT2D eigenvalue weighted by atomic mass is 10.2. The standard InChI is InChI=1S/C19H17ClN4O5S3/c1-24(32(27,28)15-9-5-13(20)6-10-15)14-7-3-12(4-8-14)17(26)21-18-22-23-19(31-18)30-11-16(25)29-2/h3-10H,11H2,1-2H3,(H,21,22,26). The van der Waals surface area contributed by atoms with Gasteiger partial charge < -0.3 is 4.74 Å². The average molecular weight is 513 g/mol. The zero-order valence-electron chi connectivity index (χ0n) is 16.8. The summed E-state index contributed by atoms with van der Waals surface area (Å²) in [5.41, 5.74) is 0.693. The number of carbonyl (C=O) groups excluding carboxylic acids is 2. The Morgan fingerprint density at radius 1 is 1.12 bits per heavy atom. The SMILES string of the molecule is COC(=O)CSc1nnc(NC(=O)c2ccc(N(C)S(=O)(=O)c3ccc(Cl)cc3)cc2)s1. The number of hydrogen-bond donors (Lipinski definition) is 1. The summed E-state index contributed by atoms with van der Waals surface area (Å²) in [5, 5.41) is 11.1. The number of rotatable bonds is 8. The molecule has 1 amide bonds. The molecule has 2 aromatic carbocycles. The van der Waals surface area contributed by atoms with Crippen LogP contribution in [0.4, 0.5) is 10.8 Å². The minimum Gasteiger partial charge on any atom is -0.468 e. The Morgan fingerprint density at radius 3 is 2.41 bits per heavy atom. The Bertz CT molecular complexity index is 1210. The molecule has 0 fully saturated rings. The molecule has 1 aromatic heterocycles. The number of amides is 1. The molecule has 0 saturated carbocycles. The smallest absolute Gasteiger partial charge is 0.316 e. The van der Waals surface area contributed by atoms with Crippen LogP contribution in [0.15, 0.2) is 57.8 Å². The van der Waals surface area contributed by atoms with Crippen molar-refractivity contribution in [3.8, 4) is 0 Å². The van der Waals surface area contributed by atoms with Crippen molar-refractivity contribution < 1.29 is 22.7 Å². The van der Waals surface area contributed by atoms with Crippen LogP contribution in [-0.4, -0.2) is 50.4 Å². The Kier molecular flexibility index (Phi) is 7.72. The number of sulfonamides is 1. The Labute approximate surface area is 197 Å². The Morgan fingerprint density at radius 2 is 1.78 bits per heavy atom. The number of anilines is 2. The van der Waals surface area contributed by atoms with Crippen molar-refractivity contribution in [1.82, 2.24) is 10.2 Å². The molecule has 3 rings (SSSR count). The summed E-state index contributed by atoms with van der Waals surface area (Å²) < 4.78 is 31.7. The van der Waals surface area contributed by atoms with Gasteiger partial charge in [0.25, 0.3) is 15.9 Å². The number of ether oxygens (including phenoxy) is 1. The van der Waals surface area contributed by atoms with Crippen molar-refractivity contribution in [2.75, 3.05) is 29.5 Å². The first-order chi connectivity index (χ1) is 15.2. The van der Waals surface area contributed by atoms with Crippen LogP contribution >= 0.6 is 34.7 Å². The predicted molar refractivity (Wildman–Crippen MR) is 124 cm³/mol. The van der Waals surface area contributed by atoms with Gasteiger partial charge in [0.15, 0.2) is 4.34 Å². The van der Waals surface area contributed by atoms with Crippen LogP contribution < -0.4 is 9.62 Å². The highest BCUT2D eigenvalue weighted by molar-refractivity contribution is 8.01. The van der Waals surface area contributed by atoms with E-state index >= 15 is 0 Å². The molecule has 0 aliphatic heterocycles. The van der Waals surface area contributed by atoms with E-state index in [-0.39, 0.29) is 21.7 Å². The number of esters is 1. The fourth-order valence-electron chi connectivity index (χ4n) is 2.39. The normalized spacial score (nSPS) is 11.1. The van der Waals surface area contributed by atoms with Gasteiger partial charge in [-0.1, -0.05) is 34.7 Å². The van der Waals surface area contributed by atoms with Gasteiger partial charge in [0.2, 0.25) is 5.13 Å². The maximum atomic E-state index is 12.8. The van der Waals surface area contributed by atoms with Gasteiger partial charge in [0.1, 0.15) is 0 Å². The third-order valence-corrected chi connectivity index (χ3v) is 8.13. The molecule has 1 N–H and O–H groups in total. The number of carbonyl (C=O) groups is 2. The van der Waals surface area contributed by atoms with E-state index in [2.05, 4.69) is 20.3 Å². The van der Waals surface area contributed by atoms with Gasteiger partial charge in [-0.2, -0.15) is 0 Å². The summed E-state index contributed by atoms with van der Waals surface area (Å²) in [6.45, 7) is 0. The fraction of sp³-hybridized carbons (Fsp3) is 0.158. The van der Waals surface area contributed by atoms with Crippen molar-refractivity contribution in [3.63, 3.8) is 0 Å².